The zero-order valence-corrected chi connectivity index (χ0v) is 14.2. The molecule has 128 valence electrons. The van der Waals surface area contributed by atoms with Gasteiger partial charge in [-0.2, -0.15) is 10.1 Å². The van der Waals surface area contributed by atoms with Gasteiger partial charge in [0.1, 0.15) is 0 Å². The molecule has 1 amide bonds. The Balaban J connectivity index is 1.61. The van der Waals surface area contributed by atoms with Crippen LogP contribution in [0.2, 0.25) is 0 Å². The van der Waals surface area contributed by atoms with Gasteiger partial charge in [-0.3, -0.25) is 9.48 Å². The van der Waals surface area contributed by atoms with E-state index in [-0.39, 0.29) is 11.9 Å². The maximum Gasteiger partial charge on any atom is 0.257 e. The molecule has 8 heteroatoms. The minimum Gasteiger partial charge on any atom is -0.481 e. The molecule has 0 aliphatic carbocycles. The third-order valence-corrected chi connectivity index (χ3v) is 4.39. The molecule has 0 bridgehead atoms. The van der Waals surface area contributed by atoms with Crippen LogP contribution in [0.15, 0.2) is 24.7 Å². The Morgan fingerprint density at radius 2 is 2.12 bits per heavy atom. The van der Waals surface area contributed by atoms with Crippen molar-refractivity contribution in [3.63, 3.8) is 0 Å². The summed E-state index contributed by atoms with van der Waals surface area (Å²) >= 11 is 0. The fourth-order valence-corrected chi connectivity index (χ4v) is 2.95. The summed E-state index contributed by atoms with van der Waals surface area (Å²) in [5, 5.41) is 4.07. The molecule has 2 aromatic heterocycles. The van der Waals surface area contributed by atoms with E-state index in [4.69, 9.17) is 4.74 Å². The van der Waals surface area contributed by atoms with Gasteiger partial charge in [-0.15, -0.1) is 0 Å². The molecule has 0 aromatic carbocycles. The number of hydrogen-bond acceptors (Lipinski definition) is 6. The van der Waals surface area contributed by atoms with E-state index in [1.807, 2.05) is 19.0 Å². The van der Waals surface area contributed by atoms with Crippen LogP contribution in [0, 0.1) is 0 Å². The van der Waals surface area contributed by atoms with Gasteiger partial charge < -0.3 is 14.5 Å². The quantitative estimate of drug-likeness (QED) is 0.831. The van der Waals surface area contributed by atoms with Crippen LogP contribution < -0.4 is 9.64 Å². The van der Waals surface area contributed by atoms with Gasteiger partial charge >= 0.3 is 0 Å². The van der Waals surface area contributed by atoms with Crippen LogP contribution in [0.1, 0.15) is 23.2 Å². The normalized spacial score (nSPS) is 15.4. The van der Waals surface area contributed by atoms with Crippen LogP contribution in [0.25, 0.3) is 0 Å². The molecule has 1 saturated heterocycles. The molecular weight excluding hydrogens is 308 g/mol. The molecule has 8 nitrogen and oxygen atoms in total. The fourth-order valence-electron chi connectivity index (χ4n) is 2.95. The van der Waals surface area contributed by atoms with Crippen molar-refractivity contribution in [3.05, 3.63) is 30.2 Å². The second-order valence-electron chi connectivity index (χ2n) is 5.94. The van der Waals surface area contributed by atoms with Gasteiger partial charge in [0, 0.05) is 51.7 Å². The minimum atomic E-state index is 0.0131. The zero-order chi connectivity index (χ0) is 17.1. The highest BCUT2D eigenvalue weighted by molar-refractivity contribution is 5.93. The first-order valence-electron chi connectivity index (χ1n) is 7.96. The highest BCUT2D eigenvalue weighted by Crippen LogP contribution is 2.21. The van der Waals surface area contributed by atoms with Crippen LogP contribution in [0.3, 0.4) is 0 Å². The van der Waals surface area contributed by atoms with Crippen molar-refractivity contribution < 1.29 is 9.53 Å². The van der Waals surface area contributed by atoms with Gasteiger partial charge in [0.25, 0.3) is 5.91 Å². The molecule has 2 aromatic rings. The lowest BCUT2D eigenvalue weighted by molar-refractivity contribution is 0.0709. The predicted molar refractivity (Wildman–Crippen MR) is 89.1 cm³/mol. The first-order chi connectivity index (χ1) is 11.6. The largest absolute Gasteiger partial charge is 0.481 e. The average molecular weight is 330 g/mol. The summed E-state index contributed by atoms with van der Waals surface area (Å²) in [6.07, 6.45) is 6.81. The Morgan fingerprint density at radius 3 is 2.75 bits per heavy atom. The number of piperidine rings is 1. The molecule has 0 radical (unpaired) electrons. The average Bonchev–Trinajstić information content (AvgIpc) is 3.07. The standard InChI is InChI=1S/C16H22N6O2/c1-20-11-12(10-18-20)15(23)21(2)13-5-8-22(9-6-13)16-17-7-4-14(19-16)24-3/h4,7,10-11,13H,5-6,8-9H2,1-3H3. The summed E-state index contributed by atoms with van der Waals surface area (Å²) in [5.41, 5.74) is 0.624. The van der Waals surface area contributed by atoms with E-state index in [0.29, 0.717) is 17.4 Å². The lowest BCUT2D eigenvalue weighted by Crippen LogP contribution is -2.46. The van der Waals surface area contributed by atoms with Crippen LogP contribution >= 0.6 is 0 Å². The van der Waals surface area contributed by atoms with Crippen molar-refractivity contribution in [3.8, 4) is 5.88 Å². The number of methoxy groups -OCH3 is 1. The van der Waals surface area contributed by atoms with Crippen LogP contribution in [0.4, 0.5) is 5.95 Å². The van der Waals surface area contributed by atoms with E-state index in [2.05, 4.69) is 20.0 Å². The molecule has 0 N–H and O–H groups in total. The van der Waals surface area contributed by atoms with Crippen molar-refractivity contribution in [2.24, 2.45) is 7.05 Å². The lowest BCUT2D eigenvalue weighted by atomic mass is 10.0. The van der Waals surface area contributed by atoms with Gasteiger partial charge in [0.05, 0.1) is 18.9 Å². The van der Waals surface area contributed by atoms with Crippen LogP contribution in [-0.2, 0) is 7.05 Å². The van der Waals surface area contributed by atoms with Crippen molar-refractivity contribution in [1.29, 1.82) is 0 Å². The van der Waals surface area contributed by atoms with E-state index in [1.54, 1.807) is 36.4 Å². The molecule has 3 heterocycles. The van der Waals surface area contributed by atoms with Gasteiger partial charge in [-0.25, -0.2) is 4.98 Å². The van der Waals surface area contributed by atoms with Gasteiger partial charge in [0.2, 0.25) is 11.8 Å². The summed E-state index contributed by atoms with van der Waals surface area (Å²) in [6, 6.07) is 1.94. The minimum absolute atomic E-state index is 0.0131. The van der Waals surface area contributed by atoms with E-state index >= 15 is 0 Å². The number of hydrogen-bond donors (Lipinski definition) is 0. The Kier molecular flexibility index (Phi) is 4.64. The molecule has 1 aliphatic heterocycles. The molecule has 0 saturated carbocycles. The Morgan fingerprint density at radius 1 is 1.38 bits per heavy atom. The first kappa shape index (κ1) is 16.2. The molecule has 0 spiro atoms. The molecule has 1 aliphatic rings. The summed E-state index contributed by atoms with van der Waals surface area (Å²) in [4.78, 5) is 25.1. The van der Waals surface area contributed by atoms with Crippen LogP contribution in [0.5, 0.6) is 5.88 Å². The maximum atomic E-state index is 12.5. The van der Waals surface area contributed by atoms with Crippen molar-refractivity contribution in [2.45, 2.75) is 18.9 Å². The number of amides is 1. The zero-order valence-electron chi connectivity index (χ0n) is 14.2. The van der Waals surface area contributed by atoms with Crippen molar-refractivity contribution in [2.75, 3.05) is 32.1 Å². The number of aromatic nitrogens is 4. The Hall–Kier alpha value is -2.64. The summed E-state index contributed by atoms with van der Waals surface area (Å²) in [5.74, 6) is 1.25. The van der Waals surface area contributed by atoms with Gasteiger partial charge in [0.15, 0.2) is 0 Å². The fraction of sp³-hybridized carbons (Fsp3) is 0.500. The first-order valence-corrected chi connectivity index (χ1v) is 7.96. The number of anilines is 1. The van der Waals surface area contributed by atoms with E-state index in [9.17, 15) is 4.79 Å². The number of carbonyl (C=O) groups excluding carboxylic acids is 1. The summed E-state index contributed by atoms with van der Waals surface area (Å²) in [6.45, 7) is 1.62. The lowest BCUT2D eigenvalue weighted by Gasteiger charge is -2.36. The second-order valence-corrected chi connectivity index (χ2v) is 5.94. The van der Waals surface area contributed by atoms with Crippen molar-refractivity contribution in [1.82, 2.24) is 24.6 Å². The van der Waals surface area contributed by atoms with Crippen molar-refractivity contribution >= 4 is 11.9 Å². The number of carbonyl (C=O) groups is 1. The highest BCUT2D eigenvalue weighted by Gasteiger charge is 2.27. The van der Waals surface area contributed by atoms with Gasteiger partial charge in [-0.1, -0.05) is 0 Å². The maximum absolute atomic E-state index is 12.5. The molecule has 24 heavy (non-hydrogen) atoms. The molecular formula is C16H22N6O2. The predicted octanol–water partition coefficient (Wildman–Crippen LogP) is 0.960. The monoisotopic (exact) mass is 330 g/mol. The van der Waals surface area contributed by atoms with Crippen LogP contribution in [-0.4, -0.2) is 63.8 Å². The topological polar surface area (TPSA) is 76.4 Å². The number of nitrogens with zero attached hydrogens (tertiary/aromatic N) is 6. The third kappa shape index (κ3) is 3.32. The molecule has 0 atom stereocenters. The van der Waals surface area contributed by atoms with E-state index in [1.165, 1.54) is 0 Å². The van der Waals surface area contributed by atoms with E-state index in [0.717, 1.165) is 25.9 Å². The van der Waals surface area contributed by atoms with E-state index < -0.39 is 0 Å². The summed E-state index contributed by atoms with van der Waals surface area (Å²) in [7, 11) is 5.26. The number of ether oxygens (including phenoxy) is 1. The number of rotatable bonds is 4. The second kappa shape index (κ2) is 6.86. The smallest absolute Gasteiger partial charge is 0.257 e. The third-order valence-electron chi connectivity index (χ3n) is 4.39. The SMILES string of the molecule is COc1ccnc(N2CCC(N(C)C(=O)c3cnn(C)c3)CC2)n1. The Bertz CT molecular complexity index is 708. The summed E-state index contributed by atoms with van der Waals surface area (Å²) < 4.78 is 6.79. The molecule has 0 unspecified atom stereocenters. The molecule has 3 rings (SSSR count). The highest BCUT2D eigenvalue weighted by atomic mass is 16.5. The Labute approximate surface area is 141 Å². The van der Waals surface area contributed by atoms with Gasteiger partial charge in [-0.05, 0) is 12.8 Å². The number of aryl methyl sites for hydroxylation is 1. The molecule has 1 fully saturated rings.